The maximum absolute atomic E-state index is 9.25. The minimum absolute atomic E-state index is 0.0720. The molecule has 3 nitrogen and oxygen atoms in total. The van der Waals surface area contributed by atoms with Crippen molar-refractivity contribution in [3.8, 4) is 0 Å². The van der Waals surface area contributed by atoms with Crippen LogP contribution in [0.3, 0.4) is 0 Å². The summed E-state index contributed by atoms with van der Waals surface area (Å²) in [5.41, 5.74) is 3.57. The molecule has 2 rings (SSSR count). The highest BCUT2D eigenvalue weighted by Gasteiger charge is 2.12. The first-order valence-corrected chi connectivity index (χ1v) is 8.28. The second kappa shape index (κ2) is 8.22. The number of hydrogen-bond acceptors (Lipinski definition) is 4. The van der Waals surface area contributed by atoms with Gasteiger partial charge in [-0.3, -0.25) is 0 Å². The van der Waals surface area contributed by atoms with E-state index in [4.69, 9.17) is 0 Å². The van der Waals surface area contributed by atoms with Crippen LogP contribution in [0.15, 0.2) is 52.3 Å². The summed E-state index contributed by atoms with van der Waals surface area (Å²) in [6, 6.07) is 14.6. The van der Waals surface area contributed by atoms with Gasteiger partial charge in [0.1, 0.15) is 0 Å². The Bertz CT molecular complexity index is 610. The number of rotatable bonds is 7. The summed E-state index contributed by atoms with van der Waals surface area (Å²) in [6.07, 6.45) is 0. The molecule has 22 heavy (non-hydrogen) atoms. The van der Waals surface area contributed by atoms with Gasteiger partial charge in [0.2, 0.25) is 0 Å². The van der Waals surface area contributed by atoms with Gasteiger partial charge >= 0.3 is 0 Å². The van der Waals surface area contributed by atoms with Crippen LogP contribution in [-0.2, 0) is 0 Å². The lowest BCUT2D eigenvalue weighted by Gasteiger charge is -2.25. The van der Waals surface area contributed by atoms with E-state index in [1.807, 2.05) is 23.1 Å². The Balaban J connectivity index is 2.31. The van der Waals surface area contributed by atoms with Gasteiger partial charge < -0.3 is 15.1 Å². The van der Waals surface area contributed by atoms with Gasteiger partial charge in [-0.1, -0.05) is 41.6 Å². The van der Waals surface area contributed by atoms with Crippen molar-refractivity contribution in [2.75, 3.05) is 31.2 Å². The van der Waals surface area contributed by atoms with E-state index in [1.165, 1.54) is 16.0 Å². The van der Waals surface area contributed by atoms with Crippen molar-refractivity contribution in [2.45, 2.75) is 23.6 Å². The van der Waals surface area contributed by atoms with Crippen LogP contribution < -0.4 is 4.90 Å². The average Bonchev–Trinajstić information content (AvgIpc) is 2.50. The van der Waals surface area contributed by atoms with Crippen LogP contribution in [0.2, 0.25) is 0 Å². The van der Waals surface area contributed by atoms with Crippen molar-refractivity contribution in [3.05, 3.63) is 53.6 Å². The molecule has 0 fully saturated rings. The minimum Gasteiger partial charge on any atom is -0.395 e. The lowest BCUT2D eigenvalue weighted by molar-refractivity contribution is 0.281. The van der Waals surface area contributed by atoms with Crippen LogP contribution in [-0.4, -0.2) is 36.5 Å². The molecule has 0 saturated heterocycles. The van der Waals surface area contributed by atoms with Crippen LogP contribution >= 0.6 is 11.8 Å². The van der Waals surface area contributed by atoms with Gasteiger partial charge in [0.25, 0.3) is 0 Å². The smallest absolute Gasteiger partial charge is 0.0606 e. The molecule has 0 aromatic heterocycles. The third kappa shape index (κ3) is 4.26. The number of para-hydroxylation sites is 1. The molecule has 0 bridgehead atoms. The molecule has 2 N–H and O–H groups in total. The van der Waals surface area contributed by atoms with Gasteiger partial charge in [-0.25, -0.2) is 0 Å². The fourth-order valence-electron chi connectivity index (χ4n) is 2.43. The first-order valence-electron chi connectivity index (χ1n) is 7.46. The van der Waals surface area contributed by atoms with Crippen LogP contribution in [0.1, 0.15) is 11.1 Å². The second-order valence-corrected chi connectivity index (χ2v) is 6.36. The van der Waals surface area contributed by atoms with Gasteiger partial charge in [0, 0.05) is 22.9 Å². The van der Waals surface area contributed by atoms with Crippen molar-refractivity contribution < 1.29 is 10.2 Å². The molecular weight excluding hydrogens is 294 g/mol. The molecule has 0 saturated carbocycles. The van der Waals surface area contributed by atoms with E-state index in [9.17, 15) is 10.2 Å². The highest BCUT2D eigenvalue weighted by molar-refractivity contribution is 7.99. The van der Waals surface area contributed by atoms with E-state index in [0.29, 0.717) is 13.1 Å². The molecule has 0 heterocycles. The highest BCUT2D eigenvalue weighted by atomic mass is 32.2. The SMILES string of the molecule is Cc1ccc(Sc2ccccc2N(CCO)CCO)c(C)c1. The molecule has 0 aliphatic heterocycles. The Morgan fingerprint density at radius 3 is 2.23 bits per heavy atom. The molecule has 0 aliphatic rings. The van der Waals surface area contributed by atoms with E-state index in [2.05, 4.69) is 38.1 Å². The molecule has 0 amide bonds. The molecule has 0 atom stereocenters. The van der Waals surface area contributed by atoms with Crippen molar-refractivity contribution in [3.63, 3.8) is 0 Å². The lowest BCUT2D eigenvalue weighted by atomic mass is 10.2. The first-order chi connectivity index (χ1) is 10.7. The van der Waals surface area contributed by atoms with Gasteiger partial charge in [0.05, 0.1) is 18.9 Å². The Kier molecular flexibility index (Phi) is 6.31. The normalized spacial score (nSPS) is 10.7. The Morgan fingerprint density at radius 1 is 0.909 bits per heavy atom. The van der Waals surface area contributed by atoms with Gasteiger partial charge in [-0.15, -0.1) is 0 Å². The Hall–Kier alpha value is -1.49. The first kappa shape index (κ1) is 16.9. The molecule has 118 valence electrons. The number of hydrogen-bond donors (Lipinski definition) is 2. The fourth-order valence-corrected chi connectivity index (χ4v) is 3.47. The zero-order valence-electron chi connectivity index (χ0n) is 13.1. The summed E-state index contributed by atoms with van der Waals surface area (Å²) in [7, 11) is 0. The van der Waals surface area contributed by atoms with E-state index >= 15 is 0 Å². The standard InChI is InChI=1S/C18H23NO2S/c1-14-7-8-17(15(2)13-14)22-18-6-4-3-5-16(18)19(9-11-20)10-12-21/h3-8,13,20-21H,9-12H2,1-2H3. The summed E-state index contributed by atoms with van der Waals surface area (Å²) < 4.78 is 0. The maximum atomic E-state index is 9.25. The number of aliphatic hydroxyl groups is 2. The van der Waals surface area contributed by atoms with Crippen molar-refractivity contribution in [1.82, 2.24) is 0 Å². The molecule has 2 aromatic carbocycles. The number of aliphatic hydroxyl groups excluding tert-OH is 2. The molecule has 2 aromatic rings. The van der Waals surface area contributed by atoms with E-state index in [1.54, 1.807) is 11.8 Å². The zero-order chi connectivity index (χ0) is 15.9. The monoisotopic (exact) mass is 317 g/mol. The van der Waals surface area contributed by atoms with Crippen molar-refractivity contribution in [2.24, 2.45) is 0 Å². The average molecular weight is 317 g/mol. The molecular formula is C18H23NO2S. The van der Waals surface area contributed by atoms with Gasteiger partial charge in [-0.05, 0) is 37.6 Å². The lowest BCUT2D eigenvalue weighted by Crippen LogP contribution is -2.30. The fraction of sp³-hybridized carbons (Fsp3) is 0.333. The third-order valence-electron chi connectivity index (χ3n) is 3.50. The Morgan fingerprint density at radius 2 is 1.59 bits per heavy atom. The summed E-state index contributed by atoms with van der Waals surface area (Å²) in [5.74, 6) is 0. The topological polar surface area (TPSA) is 43.7 Å². The number of anilines is 1. The molecule has 0 unspecified atom stereocenters. The second-order valence-electron chi connectivity index (χ2n) is 5.27. The molecule has 4 heteroatoms. The largest absolute Gasteiger partial charge is 0.395 e. The molecule has 0 aliphatic carbocycles. The third-order valence-corrected chi connectivity index (χ3v) is 4.74. The maximum Gasteiger partial charge on any atom is 0.0606 e. The highest BCUT2D eigenvalue weighted by Crippen LogP contribution is 2.36. The summed E-state index contributed by atoms with van der Waals surface area (Å²) >= 11 is 1.72. The molecule has 0 radical (unpaired) electrons. The zero-order valence-corrected chi connectivity index (χ0v) is 13.9. The van der Waals surface area contributed by atoms with E-state index < -0.39 is 0 Å². The van der Waals surface area contributed by atoms with Gasteiger partial charge in [-0.2, -0.15) is 0 Å². The number of benzene rings is 2. The summed E-state index contributed by atoms with van der Waals surface area (Å²) in [5, 5.41) is 18.5. The van der Waals surface area contributed by atoms with Crippen LogP contribution in [0.4, 0.5) is 5.69 Å². The predicted molar refractivity (Wildman–Crippen MR) is 92.9 cm³/mol. The summed E-state index contributed by atoms with van der Waals surface area (Å²) in [4.78, 5) is 4.38. The molecule has 0 spiro atoms. The number of aryl methyl sites for hydroxylation is 2. The predicted octanol–water partition coefficient (Wildman–Crippen LogP) is 3.25. The van der Waals surface area contributed by atoms with Crippen LogP contribution in [0.25, 0.3) is 0 Å². The van der Waals surface area contributed by atoms with Crippen molar-refractivity contribution >= 4 is 17.4 Å². The van der Waals surface area contributed by atoms with Crippen LogP contribution in [0, 0.1) is 13.8 Å². The van der Waals surface area contributed by atoms with Gasteiger partial charge in [0.15, 0.2) is 0 Å². The number of nitrogens with zero attached hydrogens (tertiary/aromatic N) is 1. The van der Waals surface area contributed by atoms with E-state index in [0.717, 1.165) is 10.6 Å². The minimum atomic E-state index is 0.0720. The van der Waals surface area contributed by atoms with E-state index in [-0.39, 0.29) is 13.2 Å². The quantitative estimate of drug-likeness (QED) is 0.823. The summed E-state index contributed by atoms with van der Waals surface area (Å²) in [6.45, 7) is 5.40. The Labute approximate surface area is 136 Å². The van der Waals surface area contributed by atoms with Crippen molar-refractivity contribution in [1.29, 1.82) is 0 Å². The van der Waals surface area contributed by atoms with Crippen LogP contribution in [0.5, 0.6) is 0 Å².